The minimum absolute atomic E-state index is 0.0210. The van der Waals surface area contributed by atoms with Gasteiger partial charge < -0.3 is 19.5 Å². The molecule has 4 rings (SSSR count). The monoisotopic (exact) mass is 604 g/mol. The summed E-state index contributed by atoms with van der Waals surface area (Å²) < 4.78 is 33.6. The zero-order chi connectivity index (χ0) is 27.2. The van der Waals surface area contributed by atoms with Crippen LogP contribution in [0.2, 0.25) is 0 Å². The lowest BCUT2D eigenvalue weighted by atomic mass is 9.95. The maximum Gasteiger partial charge on any atom is 0.338 e. The van der Waals surface area contributed by atoms with Crippen molar-refractivity contribution in [2.24, 2.45) is 0 Å². The van der Waals surface area contributed by atoms with Gasteiger partial charge in [0.2, 0.25) is 11.1 Å². The molecule has 8 nitrogen and oxygen atoms in total. The van der Waals surface area contributed by atoms with Crippen molar-refractivity contribution in [1.29, 1.82) is 0 Å². The van der Waals surface area contributed by atoms with E-state index < -0.39 is 12.0 Å². The molecule has 2 heterocycles. The third kappa shape index (κ3) is 5.99. The quantitative estimate of drug-likeness (QED) is 0.196. The Morgan fingerprint density at radius 3 is 2.74 bits per heavy atom. The Balaban J connectivity index is 1.76. The molecule has 0 saturated heterocycles. The highest BCUT2D eigenvalue weighted by Crippen LogP contribution is 2.43. The van der Waals surface area contributed by atoms with Crippen molar-refractivity contribution in [1.82, 2.24) is 14.8 Å². The molecule has 38 heavy (non-hydrogen) atoms. The number of thioether (sulfide) groups is 1. The standard InChI is InChI=1S/C27H30BrFN4O4S/c1-5-11-36-25(34)22-16(3)30-26-31-27(38-12-6-2)32-33(26)23(22)18-13-19(28)24(21(14-18)35-4)37-15-17-9-7-8-10-20(17)29/h7-10,13-14,23H,5-6,11-12,15H2,1-4H3,(H,30,31,32). The Bertz CT molecular complexity index is 1350. The summed E-state index contributed by atoms with van der Waals surface area (Å²) in [5.74, 6) is 1.47. The maximum absolute atomic E-state index is 14.2. The Labute approximate surface area is 234 Å². The van der Waals surface area contributed by atoms with Gasteiger partial charge in [-0.1, -0.05) is 43.8 Å². The summed E-state index contributed by atoms with van der Waals surface area (Å²) in [5.41, 5.74) is 2.21. The van der Waals surface area contributed by atoms with Gasteiger partial charge in [0.15, 0.2) is 11.5 Å². The highest BCUT2D eigenvalue weighted by molar-refractivity contribution is 9.10. The number of methoxy groups -OCH3 is 1. The molecule has 0 aliphatic carbocycles. The first kappa shape index (κ1) is 28.0. The summed E-state index contributed by atoms with van der Waals surface area (Å²) in [5, 5.41) is 8.55. The van der Waals surface area contributed by atoms with E-state index >= 15 is 0 Å². The number of hydrogen-bond acceptors (Lipinski definition) is 8. The molecule has 1 aliphatic heterocycles. The molecule has 11 heteroatoms. The fourth-order valence-corrected chi connectivity index (χ4v) is 5.29. The van der Waals surface area contributed by atoms with E-state index in [1.165, 1.54) is 13.2 Å². The molecule has 1 aliphatic rings. The molecule has 1 atom stereocenters. The molecule has 0 amide bonds. The van der Waals surface area contributed by atoms with Gasteiger partial charge in [-0.15, -0.1) is 5.10 Å². The smallest absolute Gasteiger partial charge is 0.338 e. The Hall–Kier alpha value is -3.05. The predicted octanol–water partition coefficient (Wildman–Crippen LogP) is 6.51. The van der Waals surface area contributed by atoms with E-state index in [0.29, 0.717) is 56.9 Å². The van der Waals surface area contributed by atoms with Crippen LogP contribution in [0.3, 0.4) is 0 Å². The van der Waals surface area contributed by atoms with E-state index in [1.807, 2.05) is 19.9 Å². The summed E-state index contributed by atoms with van der Waals surface area (Å²) in [6.07, 6.45) is 1.69. The van der Waals surface area contributed by atoms with Gasteiger partial charge in [0.05, 0.1) is 23.8 Å². The second-order valence-corrected chi connectivity index (χ2v) is 10.5. The van der Waals surface area contributed by atoms with Crippen LogP contribution < -0.4 is 14.8 Å². The number of anilines is 1. The molecule has 2 aromatic carbocycles. The topological polar surface area (TPSA) is 87.5 Å². The van der Waals surface area contributed by atoms with Crippen LogP contribution in [-0.4, -0.2) is 40.2 Å². The van der Waals surface area contributed by atoms with Gasteiger partial charge in [-0.05, 0) is 59.5 Å². The number of rotatable bonds is 11. The molecule has 0 fully saturated rings. The number of ether oxygens (including phenoxy) is 3. The van der Waals surface area contributed by atoms with Crippen molar-refractivity contribution in [3.05, 3.63) is 69.1 Å². The van der Waals surface area contributed by atoms with Crippen molar-refractivity contribution in [2.45, 2.75) is 51.4 Å². The SMILES string of the molecule is CCCOC(=O)C1=C(C)Nc2nc(SCCC)nn2C1c1cc(Br)c(OCc2ccccc2F)c(OC)c1. The van der Waals surface area contributed by atoms with Gasteiger partial charge in [0, 0.05) is 17.0 Å². The maximum atomic E-state index is 14.2. The molecule has 0 radical (unpaired) electrons. The van der Waals surface area contributed by atoms with E-state index in [9.17, 15) is 9.18 Å². The molecule has 202 valence electrons. The van der Waals surface area contributed by atoms with Gasteiger partial charge >= 0.3 is 5.97 Å². The van der Waals surface area contributed by atoms with Crippen LogP contribution in [0.1, 0.15) is 50.8 Å². The third-order valence-electron chi connectivity index (χ3n) is 5.82. The van der Waals surface area contributed by atoms with Crippen LogP contribution in [0.15, 0.2) is 57.3 Å². The Kier molecular flexibility index (Phi) is 9.32. The largest absolute Gasteiger partial charge is 0.493 e. The van der Waals surface area contributed by atoms with Gasteiger partial charge in [-0.3, -0.25) is 0 Å². The first-order valence-corrected chi connectivity index (χ1v) is 14.1. The van der Waals surface area contributed by atoms with Crippen LogP contribution in [0.5, 0.6) is 11.5 Å². The number of carbonyl (C=O) groups excluding carboxylic acids is 1. The average Bonchev–Trinajstić information content (AvgIpc) is 3.31. The molecule has 1 unspecified atom stereocenters. The molecule has 1 aromatic heterocycles. The number of esters is 1. The summed E-state index contributed by atoms with van der Waals surface area (Å²) in [6, 6.07) is 9.47. The van der Waals surface area contributed by atoms with Gasteiger partial charge in [-0.2, -0.15) is 4.98 Å². The van der Waals surface area contributed by atoms with E-state index in [1.54, 1.807) is 40.7 Å². The number of nitrogens with one attached hydrogen (secondary N) is 1. The van der Waals surface area contributed by atoms with Gasteiger partial charge in [-0.25, -0.2) is 13.9 Å². The second-order valence-electron chi connectivity index (χ2n) is 8.63. The third-order valence-corrected chi connectivity index (χ3v) is 7.46. The number of nitrogens with zero attached hydrogens (tertiary/aromatic N) is 3. The summed E-state index contributed by atoms with van der Waals surface area (Å²) in [4.78, 5) is 17.9. The Morgan fingerprint density at radius 2 is 2.03 bits per heavy atom. The van der Waals surface area contributed by atoms with Gasteiger partial charge in [0.1, 0.15) is 18.5 Å². The lowest BCUT2D eigenvalue weighted by Crippen LogP contribution is -2.30. The van der Waals surface area contributed by atoms with E-state index in [2.05, 4.69) is 33.2 Å². The normalized spacial score (nSPS) is 14.6. The van der Waals surface area contributed by atoms with Crippen molar-refractivity contribution in [3.63, 3.8) is 0 Å². The number of halogens is 2. The lowest BCUT2D eigenvalue weighted by Gasteiger charge is -2.28. The van der Waals surface area contributed by atoms with Crippen LogP contribution >= 0.6 is 27.7 Å². The summed E-state index contributed by atoms with van der Waals surface area (Å²) >= 11 is 5.15. The number of allylic oxidation sites excluding steroid dienone is 1. The van der Waals surface area contributed by atoms with E-state index in [4.69, 9.17) is 19.3 Å². The first-order chi connectivity index (χ1) is 18.4. The minimum Gasteiger partial charge on any atom is -0.493 e. The molecule has 3 aromatic rings. The van der Waals surface area contributed by atoms with Crippen LogP contribution in [0.25, 0.3) is 0 Å². The molecule has 0 bridgehead atoms. The summed E-state index contributed by atoms with van der Waals surface area (Å²) in [7, 11) is 1.53. The minimum atomic E-state index is -0.620. The molecule has 0 spiro atoms. The predicted molar refractivity (Wildman–Crippen MR) is 148 cm³/mol. The van der Waals surface area contributed by atoms with Crippen molar-refractivity contribution < 1.29 is 23.4 Å². The molecule has 0 saturated carbocycles. The average molecular weight is 606 g/mol. The first-order valence-electron chi connectivity index (χ1n) is 12.4. The molecule has 1 N–H and O–H groups in total. The highest BCUT2D eigenvalue weighted by atomic mass is 79.9. The van der Waals surface area contributed by atoms with Crippen molar-refractivity contribution >= 4 is 39.6 Å². The number of carbonyl (C=O) groups is 1. The van der Waals surface area contributed by atoms with E-state index in [-0.39, 0.29) is 12.4 Å². The van der Waals surface area contributed by atoms with Crippen LogP contribution in [-0.2, 0) is 16.1 Å². The van der Waals surface area contributed by atoms with Crippen LogP contribution in [0, 0.1) is 5.82 Å². The fourth-order valence-electron chi connectivity index (χ4n) is 4.03. The number of fused-ring (bicyclic) bond motifs is 1. The van der Waals surface area contributed by atoms with Crippen LogP contribution in [0.4, 0.5) is 10.3 Å². The molecular weight excluding hydrogens is 575 g/mol. The number of aromatic nitrogens is 3. The second kappa shape index (κ2) is 12.7. The lowest BCUT2D eigenvalue weighted by molar-refractivity contribution is -0.139. The van der Waals surface area contributed by atoms with Crippen molar-refractivity contribution in [2.75, 3.05) is 24.8 Å². The zero-order valence-electron chi connectivity index (χ0n) is 21.7. The zero-order valence-corrected chi connectivity index (χ0v) is 24.1. The Morgan fingerprint density at radius 1 is 1.24 bits per heavy atom. The number of hydrogen-bond donors (Lipinski definition) is 1. The molecular formula is C27H30BrFN4O4S. The highest BCUT2D eigenvalue weighted by Gasteiger charge is 2.36. The fraction of sp³-hybridized carbons (Fsp3) is 0.370. The van der Waals surface area contributed by atoms with Gasteiger partial charge in [0.25, 0.3) is 0 Å². The van der Waals surface area contributed by atoms with Crippen molar-refractivity contribution in [3.8, 4) is 11.5 Å². The number of benzene rings is 2. The van der Waals surface area contributed by atoms with E-state index in [0.717, 1.165) is 17.7 Å². The summed E-state index contributed by atoms with van der Waals surface area (Å²) in [6.45, 7) is 6.19.